The SMILES string of the molecule is C=CC(=O)N1CCSCC1c1cc(Cl)cc(-c2cc(C)ncn2)c1. The molecule has 0 saturated carbocycles. The van der Waals surface area contributed by atoms with Gasteiger partial charge in [-0.1, -0.05) is 18.2 Å². The highest BCUT2D eigenvalue weighted by Gasteiger charge is 2.27. The first-order valence-electron chi connectivity index (χ1n) is 7.69. The molecule has 0 aliphatic carbocycles. The fourth-order valence-electron chi connectivity index (χ4n) is 2.83. The Morgan fingerprint density at radius 1 is 1.38 bits per heavy atom. The van der Waals surface area contributed by atoms with Crippen LogP contribution in [0.25, 0.3) is 11.3 Å². The summed E-state index contributed by atoms with van der Waals surface area (Å²) in [4.78, 5) is 22.5. The van der Waals surface area contributed by atoms with Gasteiger partial charge in [-0.15, -0.1) is 0 Å². The van der Waals surface area contributed by atoms with Gasteiger partial charge in [-0.25, -0.2) is 9.97 Å². The van der Waals surface area contributed by atoms with Crippen LogP contribution in [-0.2, 0) is 4.79 Å². The number of hydrogen-bond donors (Lipinski definition) is 0. The summed E-state index contributed by atoms with van der Waals surface area (Å²) in [6.07, 6.45) is 2.93. The Morgan fingerprint density at radius 2 is 2.21 bits per heavy atom. The van der Waals surface area contributed by atoms with Gasteiger partial charge < -0.3 is 4.90 Å². The van der Waals surface area contributed by atoms with Crippen LogP contribution in [0.3, 0.4) is 0 Å². The molecule has 1 amide bonds. The van der Waals surface area contributed by atoms with E-state index in [4.69, 9.17) is 11.6 Å². The van der Waals surface area contributed by atoms with Crippen molar-refractivity contribution in [3.05, 3.63) is 59.5 Å². The zero-order valence-corrected chi connectivity index (χ0v) is 15.0. The quantitative estimate of drug-likeness (QED) is 0.779. The van der Waals surface area contributed by atoms with Gasteiger partial charge in [0.05, 0.1) is 11.7 Å². The smallest absolute Gasteiger partial charge is 0.246 e. The molecule has 0 radical (unpaired) electrons. The van der Waals surface area contributed by atoms with Crippen LogP contribution in [0.5, 0.6) is 0 Å². The first-order chi connectivity index (χ1) is 11.6. The Kier molecular flexibility index (Phi) is 5.21. The second kappa shape index (κ2) is 7.36. The molecule has 1 aliphatic heterocycles. The van der Waals surface area contributed by atoms with Crippen molar-refractivity contribution in [2.45, 2.75) is 13.0 Å². The highest BCUT2D eigenvalue weighted by Crippen LogP contribution is 2.34. The molecule has 3 rings (SSSR count). The molecular weight excluding hydrogens is 342 g/mol. The van der Waals surface area contributed by atoms with Gasteiger partial charge in [-0.3, -0.25) is 4.79 Å². The molecule has 1 atom stereocenters. The number of aryl methyl sites for hydroxylation is 1. The van der Waals surface area contributed by atoms with Crippen LogP contribution in [-0.4, -0.2) is 38.8 Å². The standard InChI is InChI=1S/C18H18ClN3OS/c1-3-18(23)22-4-5-24-10-17(22)14-7-13(8-15(19)9-14)16-6-12(2)20-11-21-16/h3,6-9,11,17H,1,4-5,10H2,2H3. The van der Waals surface area contributed by atoms with E-state index >= 15 is 0 Å². The summed E-state index contributed by atoms with van der Waals surface area (Å²) in [7, 11) is 0. The normalized spacial score (nSPS) is 17.6. The number of aromatic nitrogens is 2. The van der Waals surface area contributed by atoms with Gasteiger partial charge in [0, 0.05) is 34.3 Å². The summed E-state index contributed by atoms with van der Waals surface area (Å²) in [6, 6.07) is 7.81. The van der Waals surface area contributed by atoms with Crippen LogP contribution >= 0.6 is 23.4 Å². The predicted molar refractivity (Wildman–Crippen MR) is 99.2 cm³/mol. The molecule has 1 fully saturated rings. The van der Waals surface area contributed by atoms with E-state index in [1.165, 1.54) is 6.08 Å². The molecule has 2 heterocycles. The van der Waals surface area contributed by atoms with E-state index in [0.29, 0.717) is 11.6 Å². The topological polar surface area (TPSA) is 46.1 Å². The maximum Gasteiger partial charge on any atom is 0.246 e. The minimum absolute atomic E-state index is 0.00497. The van der Waals surface area contributed by atoms with Gasteiger partial charge in [0.25, 0.3) is 0 Å². The first-order valence-corrected chi connectivity index (χ1v) is 9.22. The zero-order chi connectivity index (χ0) is 17.1. The van der Waals surface area contributed by atoms with Crippen molar-refractivity contribution in [1.82, 2.24) is 14.9 Å². The molecule has 0 spiro atoms. The van der Waals surface area contributed by atoms with Gasteiger partial charge in [-0.2, -0.15) is 11.8 Å². The largest absolute Gasteiger partial charge is 0.330 e. The van der Waals surface area contributed by atoms with Gasteiger partial charge in [0.2, 0.25) is 5.91 Å². The minimum Gasteiger partial charge on any atom is -0.330 e. The van der Waals surface area contributed by atoms with E-state index in [2.05, 4.69) is 22.6 Å². The molecule has 0 N–H and O–H groups in total. The molecule has 2 aromatic rings. The van der Waals surface area contributed by atoms with Crippen LogP contribution in [0, 0.1) is 6.92 Å². The number of carbonyl (C=O) groups excluding carboxylic acids is 1. The lowest BCUT2D eigenvalue weighted by Crippen LogP contribution is -2.39. The lowest BCUT2D eigenvalue weighted by atomic mass is 10.0. The van der Waals surface area contributed by atoms with Crippen LogP contribution in [0.15, 0.2) is 43.2 Å². The van der Waals surface area contributed by atoms with Gasteiger partial charge >= 0.3 is 0 Å². The lowest BCUT2D eigenvalue weighted by Gasteiger charge is -2.35. The average Bonchev–Trinajstić information content (AvgIpc) is 2.60. The van der Waals surface area contributed by atoms with E-state index in [1.54, 1.807) is 6.33 Å². The molecule has 6 heteroatoms. The number of hydrogen-bond acceptors (Lipinski definition) is 4. The number of nitrogens with zero attached hydrogens (tertiary/aromatic N) is 3. The number of rotatable bonds is 3. The van der Waals surface area contributed by atoms with Crippen LogP contribution in [0.1, 0.15) is 17.3 Å². The van der Waals surface area contributed by atoms with E-state index in [1.807, 2.05) is 41.8 Å². The highest BCUT2D eigenvalue weighted by molar-refractivity contribution is 7.99. The predicted octanol–water partition coefficient (Wildman–Crippen LogP) is 3.91. The van der Waals surface area contributed by atoms with Gasteiger partial charge in [-0.05, 0) is 42.8 Å². The highest BCUT2D eigenvalue weighted by atomic mass is 35.5. The Balaban J connectivity index is 2.01. The van der Waals surface area contributed by atoms with E-state index in [-0.39, 0.29) is 11.9 Å². The number of thioether (sulfide) groups is 1. The fourth-order valence-corrected chi connectivity index (χ4v) is 4.16. The van der Waals surface area contributed by atoms with E-state index < -0.39 is 0 Å². The molecule has 1 aromatic heterocycles. The summed E-state index contributed by atoms with van der Waals surface area (Å²) in [6.45, 7) is 6.26. The average molecular weight is 360 g/mol. The Morgan fingerprint density at radius 3 is 2.96 bits per heavy atom. The molecule has 1 aromatic carbocycles. The third kappa shape index (κ3) is 3.62. The maximum absolute atomic E-state index is 12.2. The molecule has 1 unspecified atom stereocenters. The number of carbonyl (C=O) groups is 1. The first kappa shape index (κ1) is 17.0. The molecule has 1 aliphatic rings. The van der Waals surface area contributed by atoms with Crippen LogP contribution < -0.4 is 0 Å². The number of benzene rings is 1. The Labute approximate surface area is 150 Å². The van der Waals surface area contributed by atoms with Gasteiger partial charge in [0.15, 0.2) is 0 Å². The fraction of sp³-hybridized carbons (Fsp3) is 0.278. The zero-order valence-electron chi connectivity index (χ0n) is 13.4. The van der Waals surface area contributed by atoms with Crippen molar-refractivity contribution in [2.75, 3.05) is 18.1 Å². The van der Waals surface area contributed by atoms with Crippen molar-refractivity contribution in [2.24, 2.45) is 0 Å². The Hall–Kier alpha value is -1.85. The Bertz CT molecular complexity index is 781. The lowest BCUT2D eigenvalue weighted by molar-refractivity contribution is -0.127. The van der Waals surface area contributed by atoms with Crippen LogP contribution in [0.4, 0.5) is 0 Å². The summed E-state index contributed by atoms with van der Waals surface area (Å²) in [5.41, 5.74) is 3.69. The van der Waals surface area contributed by atoms with E-state index in [9.17, 15) is 4.79 Å². The van der Waals surface area contributed by atoms with Crippen molar-refractivity contribution < 1.29 is 4.79 Å². The molecule has 4 nitrogen and oxygen atoms in total. The molecule has 124 valence electrons. The molecule has 0 bridgehead atoms. The summed E-state index contributed by atoms with van der Waals surface area (Å²) in [5.74, 6) is 1.75. The molecule has 24 heavy (non-hydrogen) atoms. The van der Waals surface area contributed by atoms with Crippen molar-refractivity contribution in [1.29, 1.82) is 0 Å². The van der Waals surface area contributed by atoms with Crippen molar-refractivity contribution in [3.8, 4) is 11.3 Å². The summed E-state index contributed by atoms with van der Waals surface area (Å²) in [5, 5.41) is 0.639. The third-order valence-electron chi connectivity index (χ3n) is 3.99. The van der Waals surface area contributed by atoms with Crippen molar-refractivity contribution in [3.63, 3.8) is 0 Å². The molecular formula is C18H18ClN3OS. The number of halogens is 1. The summed E-state index contributed by atoms with van der Waals surface area (Å²) < 4.78 is 0. The monoisotopic (exact) mass is 359 g/mol. The number of amides is 1. The molecule has 1 saturated heterocycles. The van der Waals surface area contributed by atoms with Crippen molar-refractivity contribution >= 4 is 29.3 Å². The third-order valence-corrected chi connectivity index (χ3v) is 5.23. The summed E-state index contributed by atoms with van der Waals surface area (Å²) >= 11 is 8.19. The second-order valence-electron chi connectivity index (χ2n) is 5.64. The van der Waals surface area contributed by atoms with E-state index in [0.717, 1.165) is 34.0 Å². The van der Waals surface area contributed by atoms with Gasteiger partial charge in [0.1, 0.15) is 6.33 Å². The van der Waals surface area contributed by atoms with Crippen LogP contribution in [0.2, 0.25) is 5.02 Å². The minimum atomic E-state index is -0.0419. The maximum atomic E-state index is 12.2. The second-order valence-corrected chi connectivity index (χ2v) is 7.23.